The first-order valence-corrected chi connectivity index (χ1v) is 9.95. The van der Waals surface area contributed by atoms with Gasteiger partial charge in [0.05, 0.1) is 27.8 Å². The van der Waals surface area contributed by atoms with Gasteiger partial charge in [-0.2, -0.15) is 9.17 Å². The minimum Gasteiger partial charge on any atom is -0.298 e. The zero-order chi connectivity index (χ0) is 20.5. The van der Waals surface area contributed by atoms with E-state index in [2.05, 4.69) is 35.1 Å². The molecule has 4 aromatic rings. The minimum absolute atomic E-state index is 0.0473. The Morgan fingerprint density at radius 3 is 2.59 bits per heavy atom. The summed E-state index contributed by atoms with van der Waals surface area (Å²) in [4.78, 5) is 16.7. The molecule has 0 aliphatic heterocycles. The Kier molecular flexibility index (Phi) is 5.54. The molecule has 0 spiro atoms. The van der Waals surface area contributed by atoms with Crippen LogP contribution in [0, 0.1) is 0 Å². The molecule has 0 saturated carbocycles. The van der Waals surface area contributed by atoms with Crippen molar-refractivity contribution in [1.29, 1.82) is 0 Å². The van der Waals surface area contributed by atoms with Gasteiger partial charge in [0.1, 0.15) is 6.54 Å². The van der Waals surface area contributed by atoms with Gasteiger partial charge in [0, 0.05) is 0 Å². The van der Waals surface area contributed by atoms with E-state index in [9.17, 15) is 4.79 Å². The number of hydrogen-bond acceptors (Lipinski definition) is 9. The zero-order valence-electron chi connectivity index (χ0n) is 14.6. The number of ketones is 1. The van der Waals surface area contributed by atoms with Gasteiger partial charge >= 0.3 is 0 Å². The first-order chi connectivity index (χ1) is 13.9. The topological polar surface area (TPSA) is 117 Å². The van der Waals surface area contributed by atoms with E-state index in [4.69, 9.17) is 34.8 Å². The molecule has 0 N–H and O–H groups in total. The summed E-state index contributed by atoms with van der Waals surface area (Å²) in [6, 6.07) is 3.43. The predicted molar refractivity (Wildman–Crippen MR) is 107 cm³/mol. The van der Waals surface area contributed by atoms with E-state index in [0.717, 1.165) is 17.1 Å². The van der Waals surface area contributed by atoms with Crippen LogP contribution in [0.3, 0.4) is 0 Å². The van der Waals surface area contributed by atoms with Crippen molar-refractivity contribution < 1.29 is 4.79 Å². The van der Waals surface area contributed by atoms with E-state index in [1.54, 1.807) is 23.0 Å². The third-order valence-corrected chi connectivity index (χ3v) is 5.50. The molecular weight excluding hydrogens is 461 g/mol. The quantitative estimate of drug-likeness (QED) is 0.395. The van der Waals surface area contributed by atoms with Crippen molar-refractivity contribution in [2.24, 2.45) is 0 Å². The molecule has 0 fully saturated rings. The molecule has 0 unspecified atom stereocenters. The molecule has 0 atom stereocenters. The van der Waals surface area contributed by atoms with Gasteiger partial charge in [-0.3, -0.25) is 4.79 Å². The van der Waals surface area contributed by atoms with Gasteiger partial charge in [-0.1, -0.05) is 40.0 Å². The second kappa shape index (κ2) is 8.11. The lowest BCUT2D eigenvalue weighted by atomic mass is 10.2. The van der Waals surface area contributed by atoms with Crippen LogP contribution in [0.15, 0.2) is 18.3 Å². The number of halogens is 3. The molecule has 14 heteroatoms. The average molecular weight is 471 g/mol. The lowest BCUT2D eigenvalue weighted by molar-refractivity contribution is -0.117. The van der Waals surface area contributed by atoms with E-state index in [-0.39, 0.29) is 18.2 Å². The number of nitrogens with zero attached hydrogens (tertiary/aromatic N) is 9. The highest BCUT2D eigenvalue weighted by Crippen LogP contribution is 2.31. The zero-order valence-corrected chi connectivity index (χ0v) is 17.7. The standard InChI is InChI=1S/C15H10Cl3N9OS/c1-7(28)4-27-22-14(21-25-27)15-19-13(23-29-15)11-6-26(24-20-11)5-8-2-9(16)12(18)10(17)3-8/h2-3,6H,4-5H2,1H3. The molecule has 0 aliphatic carbocycles. The first kappa shape index (κ1) is 19.8. The van der Waals surface area contributed by atoms with Crippen molar-refractivity contribution in [2.75, 3.05) is 0 Å². The number of rotatable bonds is 6. The van der Waals surface area contributed by atoms with Gasteiger partial charge in [-0.05, 0) is 41.4 Å². The van der Waals surface area contributed by atoms with E-state index in [1.165, 1.54) is 11.7 Å². The summed E-state index contributed by atoms with van der Waals surface area (Å²) in [7, 11) is 0. The fourth-order valence-electron chi connectivity index (χ4n) is 2.38. The van der Waals surface area contributed by atoms with Crippen LogP contribution in [0.5, 0.6) is 0 Å². The number of Topliss-reactive ketones (excluding diaryl/α,β-unsaturated/α-hetero) is 1. The van der Waals surface area contributed by atoms with Gasteiger partial charge in [0.15, 0.2) is 22.3 Å². The molecule has 10 nitrogen and oxygen atoms in total. The largest absolute Gasteiger partial charge is 0.298 e. The van der Waals surface area contributed by atoms with E-state index >= 15 is 0 Å². The van der Waals surface area contributed by atoms with Gasteiger partial charge in [0.25, 0.3) is 0 Å². The third kappa shape index (κ3) is 4.42. The van der Waals surface area contributed by atoms with Crippen molar-refractivity contribution in [3.8, 4) is 22.4 Å². The van der Waals surface area contributed by atoms with E-state index in [0.29, 0.717) is 38.1 Å². The first-order valence-electron chi connectivity index (χ1n) is 8.04. The fraction of sp³-hybridized carbons (Fsp3) is 0.200. The van der Waals surface area contributed by atoms with Crippen LogP contribution in [-0.4, -0.2) is 50.3 Å². The second-order valence-electron chi connectivity index (χ2n) is 5.94. The number of carbonyl (C=O) groups excluding carboxylic acids is 1. The van der Waals surface area contributed by atoms with E-state index < -0.39 is 0 Å². The second-order valence-corrected chi connectivity index (χ2v) is 7.89. The maximum absolute atomic E-state index is 11.1. The van der Waals surface area contributed by atoms with Crippen molar-refractivity contribution >= 4 is 52.1 Å². The van der Waals surface area contributed by atoms with Gasteiger partial charge < -0.3 is 0 Å². The van der Waals surface area contributed by atoms with Crippen molar-refractivity contribution in [1.82, 2.24) is 44.6 Å². The highest BCUT2D eigenvalue weighted by atomic mass is 35.5. The number of tetrazole rings is 1. The number of aromatic nitrogens is 9. The van der Waals surface area contributed by atoms with Crippen LogP contribution in [0.2, 0.25) is 15.1 Å². The van der Waals surface area contributed by atoms with E-state index in [1.807, 2.05) is 0 Å². The highest BCUT2D eigenvalue weighted by Gasteiger charge is 2.16. The molecule has 3 aromatic heterocycles. The summed E-state index contributed by atoms with van der Waals surface area (Å²) in [5.74, 6) is 0.589. The summed E-state index contributed by atoms with van der Waals surface area (Å²) in [6.45, 7) is 1.88. The molecule has 3 heterocycles. The van der Waals surface area contributed by atoms with Crippen LogP contribution < -0.4 is 0 Å². The van der Waals surface area contributed by atoms with Gasteiger partial charge in [0.2, 0.25) is 5.82 Å². The Morgan fingerprint density at radius 1 is 1.10 bits per heavy atom. The van der Waals surface area contributed by atoms with Gasteiger partial charge in [-0.15, -0.1) is 15.3 Å². The molecule has 0 aliphatic rings. The van der Waals surface area contributed by atoms with Gasteiger partial charge in [-0.25, -0.2) is 9.67 Å². The summed E-state index contributed by atoms with van der Waals surface area (Å²) in [6.07, 6.45) is 1.70. The summed E-state index contributed by atoms with van der Waals surface area (Å²) < 4.78 is 5.87. The average Bonchev–Trinajstić information content (AvgIpc) is 3.39. The predicted octanol–water partition coefficient (Wildman–Crippen LogP) is 3.05. The summed E-state index contributed by atoms with van der Waals surface area (Å²) in [5, 5.41) is 21.5. The molecule has 0 saturated heterocycles. The number of hydrogen-bond donors (Lipinski definition) is 0. The number of carbonyl (C=O) groups is 1. The maximum atomic E-state index is 11.1. The van der Waals surface area contributed by atoms with Crippen molar-refractivity contribution in [3.05, 3.63) is 39.0 Å². The lowest BCUT2D eigenvalue weighted by Crippen LogP contribution is -2.09. The Morgan fingerprint density at radius 2 is 1.86 bits per heavy atom. The molecule has 29 heavy (non-hydrogen) atoms. The smallest absolute Gasteiger partial charge is 0.235 e. The maximum Gasteiger partial charge on any atom is 0.235 e. The van der Waals surface area contributed by atoms with Crippen molar-refractivity contribution in [3.63, 3.8) is 0 Å². The Balaban J connectivity index is 1.52. The van der Waals surface area contributed by atoms with Crippen LogP contribution in [0.1, 0.15) is 12.5 Å². The number of benzene rings is 1. The Hall–Kier alpha value is -2.47. The molecule has 4 rings (SSSR count). The SMILES string of the molecule is CC(=O)Cn1nnc(-c2nc(-c3cn(Cc4cc(Cl)c(Cl)c(Cl)c4)nn3)ns2)n1. The van der Waals surface area contributed by atoms with Crippen LogP contribution >= 0.6 is 46.3 Å². The monoisotopic (exact) mass is 469 g/mol. The third-order valence-electron chi connectivity index (χ3n) is 3.59. The molecule has 0 amide bonds. The Labute approximate surface area is 182 Å². The molecule has 148 valence electrons. The molecule has 1 aromatic carbocycles. The highest BCUT2D eigenvalue weighted by molar-refractivity contribution is 7.09. The lowest BCUT2D eigenvalue weighted by Gasteiger charge is -2.05. The van der Waals surface area contributed by atoms with Crippen LogP contribution in [0.4, 0.5) is 0 Å². The molecular formula is C15H10Cl3N9OS. The summed E-state index contributed by atoms with van der Waals surface area (Å²) >= 11 is 19.2. The fourth-order valence-corrected chi connectivity index (χ4v) is 3.62. The normalized spacial score (nSPS) is 11.2. The molecule has 0 radical (unpaired) electrons. The minimum atomic E-state index is -0.0771. The van der Waals surface area contributed by atoms with Crippen LogP contribution in [0.25, 0.3) is 22.4 Å². The summed E-state index contributed by atoms with van der Waals surface area (Å²) in [5.41, 5.74) is 1.30. The van der Waals surface area contributed by atoms with Crippen LogP contribution in [-0.2, 0) is 17.9 Å². The Bertz CT molecular complexity index is 1180. The van der Waals surface area contributed by atoms with Crippen molar-refractivity contribution in [2.45, 2.75) is 20.0 Å². The molecule has 0 bridgehead atoms.